The summed E-state index contributed by atoms with van der Waals surface area (Å²) in [5, 5.41) is 4.39. The summed E-state index contributed by atoms with van der Waals surface area (Å²) in [6.45, 7) is 6.27. The number of hydrogen-bond acceptors (Lipinski definition) is 3. The average molecular weight is 360 g/mol. The van der Waals surface area contributed by atoms with Crippen LogP contribution in [0.2, 0.25) is 5.02 Å². The molecule has 1 N–H and O–H groups in total. The molecule has 0 amide bonds. The van der Waals surface area contributed by atoms with Gasteiger partial charge >= 0.3 is 0 Å². The molecule has 5 heteroatoms. The molecule has 3 saturated heterocycles. The van der Waals surface area contributed by atoms with Crippen LogP contribution in [0.3, 0.4) is 0 Å². The van der Waals surface area contributed by atoms with Gasteiger partial charge in [-0.25, -0.2) is 0 Å². The van der Waals surface area contributed by atoms with Crippen molar-refractivity contribution in [2.24, 2.45) is 5.92 Å². The van der Waals surface area contributed by atoms with Crippen molar-refractivity contribution in [2.45, 2.75) is 25.8 Å². The lowest BCUT2D eigenvalue weighted by Crippen LogP contribution is -2.53. The Hall–Kier alpha value is -0.450. The van der Waals surface area contributed by atoms with Gasteiger partial charge in [-0.3, -0.25) is 0 Å². The zero-order valence-corrected chi connectivity index (χ0v) is 14.0. The van der Waals surface area contributed by atoms with E-state index in [1.807, 2.05) is 19.1 Å². The van der Waals surface area contributed by atoms with E-state index in [4.69, 9.17) is 16.3 Å². The molecule has 3 nitrogen and oxygen atoms in total. The van der Waals surface area contributed by atoms with E-state index in [-0.39, 0.29) is 0 Å². The second kappa shape index (κ2) is 6.12. The van der Waals surface area contributed by atoms with E-state index >= 15 is 0 Å². The second-order valence-electron chi connectivity index (χ2n) is 5.59. The Kier molecular flexibility index (Phi) is 4.43. The van der Waals surface area contributed by atoms with Gasteiger partial charge < -0.3 is 15.0 Å². The predicted molar refractivity (Wildman–Crippen MR) is 86.9 cm³/mol. The van der Waals surface area contributed by atoms with Crippen LogP contribution in [0.15, 0.2) is 16.6 Å². The summed E-state index contributed by atoms with van der Waals surface area (Å²) in [6, 6.07) is 4.35. The molecule has 3 heterocycles. The van der Waals surface area contributed by atoms with E-state index < -0.39 is 0 Å². The zero-order chi connectivity index (χ0) is 14.1. The zero-order valence-electron chi connectivity index (χ0n) is 11.7. The Balaban J connectivity index is 1.82. The lowest BCUT2D eigenvalue weighted by Gasteiger charge is -2.45. The number of nitrogens with zero attached hydrogens (tertiary/aromatic N) is 1. The van der Waals surface area contributed by atoms with Gasteiger partial charge in [-0.1, -0.05) is 11.6 Å². The minimum atomic E-state index is 0.502. The summed E-state index contributed by atoms with van der Waals surface area (Å²) in [5.74, 6) is 1.64. The maximum absolute atomic E-state index is 6.18. The summed E-state index contributed by atoms with van der Waals surface area (Å²) in [6.07, 6.45) is 2.59. The summed E-state index contributed by atoms with van der Waals surface area (Å²) in [7, 11) is 0. The lowest BCUT2D eigenvalue weighted by molar-refractivity contribution is 0.0974. The molecule has 0 aliphatic carbocycles. The van der Waals surface area contributed by atoms with Crippen molar-refractivity contribution in [1.82, 2.24) is 4.90 Å². The highest BCUT2D eigenvalue weighted by molar-refractivity contribution is 9.10. The molecule has 3 aliphatic rings. The number of fused-ring (bicyclic) bond motifs is 3. The minimum absolute atomic E-state index is 0.502. The smallest absolute Gasteiger partial charge is 0.156 e. The quantitative estimate of drug-likeness (QED) is 0.879. The van der Waals surface area contributed by atoms with E-state index in [0.29, 0.717) is 12.6 Å². The Labute approximate surface area is 133 Å². The van der Waals surface area contributed by atoms with Crippen molar-refractivity contribution in [1.29, 1.82) is 0 Å². The predicted octanol–water partition coefficient (Wildman–Crippen LogP) is 4.01. The molecule has 1 unspecified atom stereocenters. The van der Waals surface area contributed by atoms with Crippen molar-refractivity contribution in [2.75, 3.05) is 31.6 Å². The summed E-state index contributed by atoms with van der Waals surface area (Å²) in [4.78, 5) is 2.54. The van der Waals surface area contributed by atoms with Gasteiger partial charge in [0, 0.05) is 17.6 Å². The molecular weight excluding hydrogens is 340 g/mol. The molecule has 0 radical (unpaired) electrons. The Morgan fingerprint density at radius 3 is 2.75 bits per heavy atom. The van der Waals surface area contributed by atoms with Gasteiger partial charge in [-0.15, -0.1) is 0 Å². The normalized spacial score (nSPS) is 28.4. The first-order valence-electron chi connectivity index (χ1n) is 7.28. The summed E-state index contributed by atoms with van der Waals surface area (Å²) in [5.41, 5.74) is 1.00. The maximum Gasteiger partial charge on any atom is 0.156 e. The van der Waals surface area contributed by atoms with Crippen molar-refractivity contribution in [3.05, 3.63) is 21.6 Å². The van der Waals surface area contributed by atoms with Crippen LogP contribution in [0.4, 0.5) is 5.69 Å². The molecule has 0 aromatic heterocycles. The van der Waals surface area contributed by atoms with Crippen molar-refractivity contribution < 1.29 is 4.74 Å². The standard InChI is InChI=1S/C15H20BrClN2O/c1-2-20-15-12(16)7-11(17)8-13(15)18-14-9-19-5-3-10(14)4-6-19/h7-8,10,14,18H,2-6,9H2,1H3. The highest BCUT2D eigenvalue weighted by atomic mass is 79.9. The van der Waals surface area contributed by atoms with E-state index in [2.05, 4.69) is 26.1 Å². The van der Waals surface area contributed by atoms with Crippen LogP contribution in [0, 0.1) is 5.92 Å². The van der Waals surface area contributed by atoms with Gasteiger partial charge in [0.25, 0.3) is 0 Å². The fourth-order valence-corrected chi connectivity index (χ4v) is 4.21. The van der Waals surface area contributed by atoms with Crippen LogP contribution in [0.25, 0.3) is 0 Å². The van der Waals surface area contributed by atoms with Gasteiger partial charge in [0.1, 0.15) is 0 Å². The fourth-order valence-electron chi connectivity index (χ4n) is 3.29. The number of halogens is 2. The van der Waals surface area contributed by atoms with E-state index in [9.17, 15) is 0 Å². The molecule has 3 fully saturated rings. The number of benzene rings is 1. The third kappa shape index (κ3) is 2.92. The van der Waals surface area contributed by atoms with Gasteiger partial charge in [-0.2, -0.15) is 0 Å². The third-order valence-electron chi connectivity index (χ3n) is 4.29. The van der Waals surface area contributed by atoms with Crippen LogP contribution in [0.5, 0.6) is 5.75 Å². The number of rotatable bonds is 4. The number of nitrogens with one attached hydrogen (secondary N) is 1. The molecule has 0 spiro atoms. The topological polar surface area (TPSA) is 24.5 Å². The molecule has 20 heavy (non-hydrogen) atoms. The van der Waals surface area contributed by atoms with Crippen molar-refractivity contribution in [3.63, 3.8) is 0 Å². The minimum Gasteiger partial charge on any atom is -0.491 e. The summed E-state index contributed by atoms with van der Waals surface area (Å²) < 4.78 is 6.68. The van der Waals surface area contributed by atoms with Crippen molar-refractivity contribution in [3.8, 4) is 5.75 Å². The molecule has 3 aliphatic heterocycles. The number of hydrogen-bond donors (Lipinski definition) is 1. The van der Waals surface area contributed by atoms with E-state index in [1.54, 1.807) is 0 Å². The maximum atomic E-state index is 6.18. The molecule has 4 rings (SSSR count). The molecule has 1 atom stereocenters. The van der Waals surface area contributed by atoms with Crippen LogP contribution in [-0.2, 0) is 0 Å². The van der Waals surface area contributed by atoms with E-state index in [0.717, 1.165) is 33.4 Å². The van der Waals surface area contributed by atoms with Crippen LogP contribution in [-0.4, -0.2) is 37.2 Å². The Morgan fingerprint density at radius 1 is 1.40 bits per heavy atom. The largest absolute Gasteiger partial charge is 0.491 e. The first-order valence-corrected chi connectivity index (χ1v) is 8.45. The number of anilines is 1. The lowest BCUT2D eigenvalue weighted by atomic mass is 9.84. The molecule has 1 aromatic carbocycles. The SMILES string of the molecule is CCOc1c(Br)cc(Cl)cc1NC1CN2CCC1CC2. The average Bonchev–Trinajstić information content (AvgIpc) is 2.44. The van der Waals surface area contributed by atoms with Gasteiger partial charge in [-0.05, 0) is 66.8 Å². The Morgan fingerprint density at radius 2 is 2.15 bits per heavy atom. The van der Waals surface area contributed by atoms with Gasteiger partial charge in [0.15, 0.2) is 5.75 Å². The Bertz CT molecular complexity index is 489. The molecule has 1 aromatic rings. The number of piperidine rings is 3. The first-order chi connectivity index (χ1) is 9.67. The van der Waals surface area contributed by atoms with Crippen LogP contribution < -0.4 is 10.1 Å². The van der Waals surface area contributed by atoms with Crippen LogP contribution >= 0.6 is 27.5 Å². The van der Waals surface area contributed by atoms with Crippen molar-refractivity contribution >= 4 is 33.2 Å². The highest BCUT2D eigenvalue weighted by Gasteiger charge is 2.34. The second-order valence-corrected chi connectivity index (χ2v) is 6.88. The summed E-state index contributed by atoms with van der Waals surface area (Å²) >= 11 is 9.73. The van der Waals surface area contributed by atoms with Crippen LogP contribution in [0.1, 0.15) is 19.8 Å². The third-order valence-corrected chi connectivity index (χ3v) is 5.10. The fraction of sp³-hybridized carbons (Fsp3) is 0.600. The first kappa shape index (κ1) is 14.5. The van der Waals surface area contributed by atoms with Gasteiger partial charge in [0.2, 0.25) is 0 Å². The molecule has 110 valence electrons. The highest BCUT2D eigenvalue weighted by Crippen LogP contribution is 2.39. The monoisotopic (exact) mass is 358 g/mol. The molecular formula is C15H20BrClN2O. The number of ether oxygens (including phenoxy) is 1. The molecule has 2 bridgehead atoms. The molecule has 0 saturated carbocycles. The van der Waals surface area contributed by atoms with E-state index in [1.165, 1.54) is 25.9 Å². The van der Waals surface area contributed by atoms with Gasteiger partial charge in [0.05, 0.1) is 16.8 Å².